The van der Waals surface area contributed by atoms with Gasteiger partial charge in [0.05, 0.1) is 30.3 Å². The summed E-state index contributed by atoms with van der Waals surface area (Å²) in [6, 6.07) is 15.7. The summed E-state index contributed by atoms with van der Waals surface area (Å²) in [5.74, 6) is -1.59. The summed E-state index contributed by atoms with van der Waals surface area (Å²) in [5.41, 5.74) is 10.4. The van der Waals surface area contributed by atoms with Gasteiger partial charge in [-0.3, -0.25) is 14.3 Å². The number of thioether (sulfide) groups is 1. The monoisotopic (exact) mass is 1040 g/mol. The first-order chi connectivity index (χ1) is 33.9. The highest BCUT2D eigenvalue weighted by molar-refractivity contribution is 7.98. The van der Waals surface area contributed by atoms with Crippen molar-refractivity contribution in [3.8, 4) is 0 Å². The number of hydrogen-bond acceptors (Lipinski definition) is 9. The largest absolute Gasteiger partial charge is 0.443 e. The topological polar surface area (TPSA) is 110 Å². The van der Waals surface area contributed by atoms with Gasteiger partial charge in [0.25, 0.3) is 11.8 Å². The first-order valence-corrected chi connectivity index (χ1v) is 27.1. The van der Waals surface area contributed by atoms with Crippen molar-refractivity contribution in [2.45, 2.75) is 176 Å². The van der Waals surface area contributed by atoms with E-state index in [0.717, 1.165) is 62.0 Å². The number of rotatable bonds is 7. The fraction of sp³-hybridized carbons (Fsp3) is 0.596. The van der Waals surface area contributed by atoms with Gasteiger partial charge < -0.3 is 25.4 Å². The van der Waals surface area contributed by atoms with E-state index < -0.39 is 23.5 Å². The van der Waals surface area contributed by atoms with E-state index in [9.17, 15) is 22.4 Å². The number of carbonyl (C=O) groups is 1. The average molecular weight is 1040 g/mol. The van der Waals surface area contributed by atoms with E-state index in [-0.39, 0.29) is 29.2 Å². The maximum Gasteiger partial charge on any atom is 0.414 e. The van der Waals surface area contributed by atoms with E-state index in [1.165, 1.54) is 33.0 Å². The molecule has 404 valence electrons. The Labute approximate surface area is 437 Å². The molecule has 2 aromatic carbocycles. The zero-order valence-electron chi connectivity index (χ0n) is 46.4. The molecule has 0 radical (unpaired) electrons. The van der Waals surface area contributed by atoms with Gasteiger partial charge in [0.15, 0.2) is 5.69 Å². The summed E-state index contributed by atoms with van der Waals surface area (Å²) in [6.45, 7) is 41.4. The summed E-state index contributed by atoms with van der Waals surface area (Å²) >= 11 is 1.68. The molecule has 2 aromatic heterocycles. The van der Waals surface area contributed by atoms with Crippen LogP contribution in [0.4, 0.5) is 39.4 Å². The van der Waals surface area contributed by atoms with Gasteiger partial charge in [0.2, 0.25) is 0 Å². The van der Waals surface area contributed by atoms with Crippen LogP contribution >= 0.6 is 11.8 Å². The van der Waals surface area contributed by atoms with Crippen LogP contribution in [0.3, 0.4) is 0 Å². The molecule has 11 nitrogen and oxygen atoms in total. The number of morpholine rings is 1. The minimum atomic E-state index is -3.12. The molecule has 9 rings (SSSR count). The molecule has 0 spiro atoms. The average Bonchev–Trinajstić information content (AvgIpc) is 4.13. The van der Waals surface area contributed by atoms with Crippen molar-refractivity contribution >= 4 is 34.9 Å². The second-order valence-electron chi connectivity index (χ2n) is 22.4. The quantitative estimate of drug-likeness (QED) is 0.156. The van der Waals surface area contributed by atoms with Gasteiger partial charge in [-0.25, -0.2) is 4.79 Å². The number of ether oxygens (including phenoxy) is 2. The highest BCUT2D eigenvalue weighted by atomic mass is 32.2. The molecule has 1 fully saturated rings. The van der Waals surface area contributed by atoms with Crippen LogP contribution in [0.15, 0.2) is 67.0 Å². The highest BCUT2D eigenvalue weighted by Crippen LogP contribution is 2.45. The fourth-order valence-corrected chi connectivity index (χ4v) is 10.8. The summed E-state index contributed by atoms with van der Waals surface area (Å²) < 4.78 is 68.3. The van der Waals surface area contributed by atoms with Gasteiger partial charge >= 0.3 is 6.09 Å². The van der Waals surface area contributed by atoms with E-state index >= 15 is 0 Å². The third kappa shape index (κ3) is 14.7. The minimum absolute atomic E-state index is 0.0313. The van der Waals surface area contributed by atoms with E-state index in [0.29, 0.717) is 60.0 Å². The second-order valence-corrected chi connectivity index (χ2v) is 23.4. The lowest BCUT2D eigenvalue weighted by molar-refractivity contribution is 0.0109. The van der Waals surface area contributed by atoms with Crippen LogP contribution in [-0.4, -0.2) is 63.6 Å². The molecule has 5 aliphatic rings. The third-order valence-electron chi connectivity index (χ3n) is 13.1. The van der Waals surface area contributed by atoms with E-state index in [2.05, 4.69) is 130 Å². The Morgan fingerprint density at radius 2 is 1.30 bits per heavy atom. The summed E-state index contributed by atoms with van der Waals surface area (Å²) in [4.78, 5) is 13.6. The lowest BCUT2D eigenvalue weighted by atomic mass is 9.88. The van der Waals surface area contributed by atoms with Crippen LogP contribution in [0.5, 0.6) is 0 Å². The van der Waals surface area contributed by atoms with Crippen LogP contribution in [0.1, 0.15) is 173 Å². The molecule has 3 N–H and O–H groups in total. The van der Waals surface area contributed by atoms with Gasteiger partial charge in [0, 0.05) is 103 Å². The molecule has 73 heavy (non-hydrogen) atoms. The Balaban J connectivity index is 0.000000174. The minimum Gasteiger partial charge on any atom is -0.443 e. The zero-order chi connectivity index (χ0) is 54.5. The smallest absolute Gasteiger partial charge is 0.414 e. The van der Waals surface area contributed by atoms with Crippen molar-refractivity contribution in [3.63, 3.8) is 0 Å². The van der Waals surface area contributed by atoms with E-state index in [1.54, 1.807) is 41.9 Å². The molecule has 16 heteroatoms. The van der Waals surface area contributed by atoms with E-state index in [1.807, 2.05) is 27.7 Å². The summed E-state index contributed by atoms with van der Waals surface area (Å²) in [6.07, 6.45) is -0.115. The fourth-order valence-electron chi connectivity index (χ4n) is 9.72. The maximum atomic E-state index is 13.9. The van der Waals surface area contributed by atoms with Crippen molar-refractivity contribution in [3.05, 3.63) is 112 Å². The van der Waals surface area contributed by atoms with Gasteiger partial charge in [-0.1, -0.05) is 90.6 Å². The number of aromatic nitrogens is 4. The number of anilines is 3. The number of nitrogens with one attached hydrogen (secondary N) is 3. The Morgan fingerprint density at radius 3 is 1.81 bits per heavy atom. The van der Waals surface area contributed by atoms with Gasteiger partial charge in [-0.15, -0.1) is 0 Å². The molecule has 3 atom stereocenters. The van der Waals surface area contributed by atoms with Crippen molar-refractivity contribution in [2.24, 2.45) is 17.8 Å². The van der Waals surface area contributed by atoms with Gasteiger partial charge in [0.1, 0.15) is 11.3 Å². The standard InChI is InChI=1S/C15H23F2N3O2.C13H17N.C12H15N.C10H14F2N2S.C7H15NO/c1-9(2)20-10-7-8-19(13(21)22-14(3,4)5)11(10)12(18-20)15(6,16)17;1-8(2)13-10(4)14-12-6-5-9(3)7-11(12)13;1-8(2)12-9(3)13-11-7-5-4-6-10(11)12;1-6(2)14-8-5-15-4-7(8)9(13-14)10(3,11)12;1-6(2)7-5-9-4-3-8-7/h9H,7-8H2,1-6H3;5-8,13-14H,4H2,1-3H3;4-8,12-13H,3H2,1-2H3;6H,4-5H2,1-3H3;6-8H,3-5H2,1-2H3/t;;;;7-/m....1/s1. The number of allylic oxidation sites excluding steroid dienone is 2. The van der Waals surface area contributed by atoms with E-state index in [4.69, 9.17) is 9.47 Å². The molecule has 1 amide bonds. The molecule has 0 bridgehead atoms. The number of aryl methyl sites for hydroxylation is 1. The van der Waals surface area contributed by atoms with Crippen LogP contribution in [0.25, 0.3) is 0 Å². The molecular weight excluding hydrogens is 953 g/mol. The molecule has 0 aliphatic carbocycles. The number of carbonyl (C=O) groups excluding carboxylic acids is 1. The van der Waals surface area contributed by atoms with Crippen molar-refractivity contribution in [1.82, 2.24) is 24.9 Å². The number of fused-ring (bicyclic) bond motifs is 4. The lowest BCUT2D eigenvalue weighted by Crippen LogP contribution is -2.44. The zero-order valence-corrected chi connectivity index (χ0v) is 47.2. The molecule has 1 saturated heterocycles. The van der Waals surface area contributed by atoms with Crippen molar-refractivity contribution < 1.29 is 31.8 Å². The maximum absolute atomic E-state index is 13.9. The van der Waals surface area contributed by atoms with Crippen LogP contribution in [-0.2, 0) is 39.2 Å². The molecular formula is C57H84F4N8O3S. The number of para-hydroxylation sites is 1. The summed E-state index contributed by atoms with van der Waals surface area (Å²) in [5, 5.41) is 18.2. The number of benzene rings is 2. The number of amides is 1. The number of alkyl halides is 4. The first kappa shape index (κ1) is 59.1. The normalized spacial score (nSPS) is 18.9. The SMILES string of the molecule is C=C1Nc2ccc(C)cc2C1C(C)C.C=C1Nc2ccccc2C1C(C)C.CC(C)[C@H]1COCCN1.CC(C)n1nc(C(C)(F)F)c2c1CCN2C(=O)OC(C)(C)C.CC(C)n1nc(C(C)(F)F)c2c1CSC2. The molecule has 7 heterocycles. The van der Waals surface area contributed by atoms with Crippen molar-refractivity contribution in [2.75, 3.05) is 41.8 Å². The van der Waals surface area contributed by atoms with Crippen molar-refractivity contribution in [1.29, 1.82) is 0 Å². The number of nitrogens with zero attached hydrogens (tertiary/aromatic N) is 5. The molecule has 2 unspecified atom stereocenters. The first-order valence-electron chi connectivity index (χ1n) is 25.9. The third-order valence-corrected chi connectivity index (χ3v) is 14.1. The van der Waals surface area contributed by atoms with Crippen LogP contribution in [0.2, 0.25) is 0 Å². The predicted octanol–water partition coefficient (Wildman–Crippen LogP) is 14.9. The Bertz CT molecular complexity index is 2520. The Morgan fingerprint density at radius 1 is 0.753 bits per heavy atom. The van der Waals surface area contributed by atoms with Gasteiger partial charge in [-0.2, -0.15) is 39.5 Å². The molecule has 0 saturated carbocycles. The molecule has 5 aliphatic heterocycles. The second kappa shape index (κ2) is 24.3. The summed E-state index contributed by atoms with van der Waals surface area (Å²) in [7, 11) is 0. The highest BCUT2D eigenvalue weighted by Gasteiger charge is 2.43. The van der Waals surface area contributed by atoms with Crippen LogP contribution < -0.4 is 20.9 Å². The lowest BCUT2D eigenvalue weighted by Gasteiger charge is -2.26. The molecule has 4 aromatic rings. The van der Waals surface area contributed by atoms with Gasteiger partial charge in [-0.05, 0) is 96.4 Å². The Hall–Kier alpha value is -4.80. The number of hydrogen-bond donors (Lipinski definition) is 3. The Kier molecular flexibility index (Phi) is 19.6. The predicted molar refractivity (Wildman–Crippen MR) is 292 cm³/mol. The van der Waals surface area contributed by atoms with Crippen LogP contribution in [0, 0.1) is 24.7 Å². The number of halogens is 4.